The predicted molar refractivity (Wildman–Crippen MR) is 169 cm³/mol. The van der Waals surface area contributed by atoms with Crippen molar-refractivity contribution in [3.63, 3.8) is 0 Å². The summed E-state index contributed by atoms with van der Waals surface area (Å²) in [5, 5.41) is 12.2. The molecule has 0 N–H and O–H groups in total. The molecule has 3 saturated heterocycles. The molecule has 3 aromatic rings. The Morgan fingerprint density at radius 2 is 1.93 bits per heavy atom. The van der Waals surface area contributed by atoms with Crippen LogP contribution in [0.25, 0.3) is 10.8 Å². The number of amides is 1. The largest absolute Gasteiger partial charge is 0.461 e. The van der Waals surface area contributed by atoms with Gasteiger partial charge in [-0.15, -0.1) is 0 Å². The van der Waals surface area contributed by atoms with Crippen molar-refractivity contribution in [1.82, 2.24) is 19.8 Å². The minimum Gasteiger partial charge on any atom is -0.461 e. The highest BCUT2D eigenvalue weighted by atomic mass is 35.5. The number of benzene rings is 2. The molecule has 0 saturated carbocycles. The molecular formula is C34H36ClFN6O3. The van der Waals surface area contributed by atoms with Crippen LogP contribution in [0.5, 0.6) is 6.01 Å². The zero-order chi connectivity index (χ0) is 31.1. The van der Waals surface area contributed by atoms with Crippen LogP contribution in [-0.2, 0) is 22.6 Å². The van der Waals surface area contributed by atoms with Crippen LogP contribution in [0, 0.1) is 11.3 Å². The first kappa shape index (κ1) is 29.9. The van der Waals surface area contributed by atoms with Crippen molar-refractivity contribution < 1.29 is 18.7 Å². The summed E-state index contributed by atoms with van der Waals surface area (Å²) in [5.41, 5.74) is 2.74. The van der Waals surface area contributed by atoms with E-state index in [2.05, 4.69) is 23.6 Å². The van der Waals surface area contributed by atoms with E-state index < -0.39 is 17.8 Å². The Bertz CT molecular complexity index is 1680. The first-order valence-corrected chi connectivity index (χ1v) is 16.1. The van der Waals surface area contributed by atoms with E-state index in [1.807, 2.05) is 35.2 Å². The van der Waals surface area contributed by atoms with E-state index in [0.717, 1.165) is 53.5 Å². The Morgan fingerprint density at radius 3 is 2.69 bits per heavy atom. The zero-order valence-corrected chi connectivity index (χ0v) is 25.9. The summed E-state index contributed by atoms with van der Waals surface area (Å²) in [6, 6.07) is 14.0. The number of hydrogen-bond donors (Lipinski definition) is 0. The molecule has 0 radical (unpaired) electrons. The number of anilines is 1. The van der Waals surface area contributed by atoms with Gasteiger partial charge in [0, 0.05) is 42.0 Å². The number of nitrogens with zero attached hydrogens (tertiary/aromatic N) is 6. The fraction of sp³-hybridized carbons (Fsp3) is 0.471. The lowest BCUT2D eigenvalue weighted by Gasteiger charge is -2.42. The highest BCUT2D eigenvalue weighted by Crippen LogP contribution is 2.41. The number of rotatable bonds is 7. The van der Waals surface area contributed by atoms with Gasteiger partial charge in [0.2, 0.25) is 0 Å². The van der Waals surface area contributed by atoms with Crippen molar-refractivity contribution in [3.05, 3.63) is 70.6 Å². The summed E-state index contributed by atoms with van der Waals surface area (Å²) >= 11 is 6.68. The molecule has 7 rings (SSSR count). The number of halogens is 2. The smallest absolute Gasteiger partial charge is 0.318 e. The monoisotopic (exact) mass is 630 g/mol. The minimum atomic E-state index is -1.03. The maximum absolute atomic E-state index is 13.8. The highest BCUT2D eigenvalue weighted by molar-refractivity contribution is 6.35. The molecule has 0 aliphatic carbocycles. The average Bonchev–Trinajstić information content (AvgIpc) is 3.63. The van der Waals surface area contributed by atoms with Gasteiger partial charge in [-0.05, 0) is 55.8 Å². The van der Waals surface area contributed by atoms with Crippen molar-refractivity contribution in [2.24, 2.45) is 0 Å². The Morgan fingerprint density at radius 1 is 1.16 bits per heavy atom. The average molecular weight is 631 g/mol. The van der Waals surface area contributed by atoms with Gasteiger partial charge in [-0.2, -0.15) is 15.2 Å². The number of piperazine rings is 1. The van der Waals surface area contributed by atoms with Gasteiger partial charge in [-0.25, -0.2) is 4.39 Å². The minimum absolute atomic E-state index is 0.0312. The summed E-state index contributed by atoms with van der Waals surface area (Å²) in [6.45, 7) is 7.14. The van der Waals surface area contributed by atoms with Crippen LogP contribution in [0.2, 0.25) is 5.02 Å². The zero-order valence-electron chi connectivity index (χ0n) is 25.2. The third-order valence-electron chi connectivity index (χ3n) is 9.97. The number of hydrogen-bond acceptors (Lipinski definition) is 8. The summed E-state index contributed by atoms with van der Waals surface area (Å²) in [4.78, 5) is 28.4. The normalized spacial score (nSPS) is 22.6. The predicted octanol–water partition coefficient (Wildman–Crippen LogP) is 5.52. The van der Waals surface area contributed by atoms with Crippen LogP contribution < -0.4 is 9.64 Å². The Hall–Kier alpha value is -3.78. The molecule has 5 heterocycles. The molecule has 0 bridgehead atoms. The van der Waals surface area contributed by atoms with E-state index in [9.17, 15) is 14.4 Å². The fourth-order valence-electron chi connectivity index (χ4n) is 7.76. The number of aromatic nitrogens is 2. The Balaban J connectivity index is 1.23. The quantitative estimate of drug-likeness (QED) is 0.315. The van der Waals surface area contributed by atoms with Gasteiger partial charge < -0.3 is 19.3 Å². The number of carbonyl (C=O) groups is 1. The third-order valence-corrected chi connectivity index (χ3v) is 10.3. The Kier molecular flexibility index (Phi) is 8.11. The number of nitriles is 1. The molecule has 9 nitrogen and oxygen atoms in total. The van der Waals surface area contributed by atoms with Crippen LogP contribution in [0.4, 0.5) is 10.2 Å². The van der Waals surface area contributed by atoms with E-state index in [1.54, 1.807) is 0 Å². The molecule has 1 aromatic heterocycles. The van der Waals surface area contributed by atoms with Crippen molar-refractivity contribution in [2.45, 2.75) is 62.8 Å². The van der Waals surface area contributed by atoms with Gasteiger partial charge in [0.1, 0.15) is 12.4 Å². The van der Waals surface area contributed by atoms with Crippen LogP contribution >= 0.6 is 11.6 Å². The molecule has 4 aliphatic heterocycles. The summed E-state index contributed by atoms with van der Waals surface area (Å²) < 4.78 is 26.8. The number of fused-ring (bicyclic) bond motifs is 3. The first-order valence-electron chi connectivity index (χ1n) is 15.7. The second-order valence-corrected chi connectivity index (χ2v) is 12.9. The van der Waals surface area contributed by atoms with E-state index in [-0.39, 0.29) is 31.2 Å². The second kappa shape index (κ2) is 12.2. The molecule has 2 atom stereocenters. The fourth-order valence-corrected chi connectivity index (χ4v) is 8.05. The lowest BCUT2D eigenvalue weighted by Crippen LogP contribution is -2.55. The topological polar surface area (TPSA) is 94.8 Å². The standard InChI is InChI=1S/C34H36ClFN6O3/c1-22(36)32(43)42-17-16-40(19-24(42)10-13-37)31-26-20-44-29(25-8-2-6-23-7-3-9-27(35)30(23)25)18-28(26)38-33(39-31)45-21-34-11-4-14-41(34)15-5-12-34/h2-3,6-9,24,29H,1,4-5,10-12,14-21H2/t24-,29+/m0/s1. The van der Waals surface area contributed by atoms with Crippen LogP contribution in [0.1, 0.15) is 55.0 Å². The molecule has 3 fully saturated rings. The van der Waals surface area contributed by atoms with Crippen molar-refractivity contribution >= 4 is 34.1 Å². The second-order valence-electron chi connectivity index (χ2n) is 12.5. The van der Waals surface area contributed by atoms with Crippen molar-refractivity contribution in [2.75, 3.05) is 44.2 Å². The molecular weight excluding hydrogens is 595 g/mol. The molecule has 11 heteroatoms. The van der Waals surface area contributed by atoms with E-state index in [1.165, 1.54) is 17.7 Å². The van der Waals surface area contributed by atoms with Gasteiger partial charge in [0.25, 0.3) is 5.91 Å². The van der Waals surface area contributed by atoms with Gasteiger partial charge in [-0.1, -0.05) is 48.5 Å². The maximum atomic E-state index is 13.8. The van der Waals surface area contributed by atoms with Gasteiger partial charge in [0.15, 0.2) is 5.83 Å². The van der Waals surface area contributed by atoms with Crippen LogP contribution in [0.3, 0.4) is 0 Å². The molecule has 0 unspecified atom stereocenters. The molecule has 0 spiro atoms. The van der Waals surface area contributed by atoms with E-state index in [4.69, 9.17) is 31.0 Å². The van der Waals surface area contributed by atoms with Gasteiger partial charge in [0.05, 0.1) is 42.5 Å². The first-order chi connectivity index (χ1) is 21.9. The van der Waals surface area contributed by atoms with Crippen LogP contribution in [0.15, 0.2) is 48.8 Å². The van der Waals surface area contributed by atoms with Crippen molar-refractivity contribution in [1.29, 1.82) is 5.26 Å². The maximum Gasteiger partial charge on any atom is 0.318 e. The van der Waals surface area contributed by atoms with Gasteiger partial charge >= 0.3 is 6.01 Å². The molecule has 2 aromatic carbocycles. The van der Waals surface area contributed by atoms with Gasteiger partial charge in [-0.3, -0.25) is 9.69 Å². The SMILES string of the molecule is C=C(F)C(=O)N1CCN(c2nc(OCC34CCCN3CCC4)nc3c2CO[C@@H](c2cccc4cccc(Cl)c24)C3)C[C@@H]1CC#N. The van der Waals surface area contributed by atoms with Crippen molar-refractivity contribution in [3.8, 4) is 12.1 Å². The summed E-state index contributed by atoms with van der Waals surface area (Å²) in [5.74, 6) is -1.13. The highest BCUT2D eigenvalue weighted by Gasteiger charge is 2.45. The lowest BCUT2D eigenvalue weighted by atomic mass is 9.94. The molecule has 234 valence electrons. The third kappa shape index (κ3) is 5.51. The molecule has 4 aliphatic rings. The van der Waals surface area contributed by atoms with Crippen LogP contribution in [-0.4, -0.2) is 76.6 Å². The lowest BCUT2D eigenvalue weighted by molar-refractivity contribution is -0.131. The summed E-state index contributed by atoms with van der Waals surface area (Å²) in [7, 11) is 0. The molecule has 45 heavy (non-hydrogen) atoms. The number of carbonyl (C=O) groups excluding carboxylic acids is 1. The Labute approximate surface area is 267 Å². The van der Waals surface area contributed by atoms with E-state index >= 15 is 0 Å². The van der Waals surface area contributed by atoms with E-state index in [0.29, 0.717) is 43.0 Å². The summed E-state index contributed by atoms with van der Waals surface area (Å²) in [6.07, 6.45) is 4.84. The molecule has 1 amide bonds. The number of ether oxygens (including phenoxy) is 2.